The molecule has 2 heteroatoms. The predicted octanol–water partition coefficient (Wildman–Crippen LogP) is 3.99. The van der Waals surface area contributed by atoms with Crippen LogP contribution in [0.25, 0.3) is 0 Å². The maximum Gasteiger partial charge on any atom is 0.217 e. The molecule has 0 radical (unpaired) electrons. The first-order valence-corrected chi connectivity index (χ1v) is 6.78. The first-order valence-electron chi connectivity index (χ1n) is 6.78. The standard InChI is InChI=1S/C15H31NO/c1-8-11(14(2,3)4)12(15(5,6)7)9-10-13(16)17/h11-12H,8-10H2,1-7H3,(H2,16,17). The van der Waals surface area contributed by atoms with Crippen molar-refractivity contribution in [2.75, 3.05) is 0 Å². The van der Waals surface area contributed by atoms with E-state index in [0.717, 1.165) is 12.8 Å². The quantitative estimate of drug-likeness (QED) is 0.777. The number of hydrogen-bond donors (Lipinski definition) is 1. The van der Waals surface area contributed by atoms with Gasteiger partial charge in [-0.25, -0.2) is 0 Å². The van der Waals surface area contributed by atoms with Gasteiger partial charge in [-0.1, -0.05) is 54.9 Å². The zero-order chi connectivity index (χ0) is 13.9. The van der Waals surface area contributed by atoms with Gasteiger partial charge < -0.3 is 5.73 Å². The molecule has 2 unspecified atom stereocenters. The average Bonchev–Trinajstić information content (AvgIpc) is 2.07. The molecule has 2 N–H and O–H groups in total. The normalized spacial score (nSPS) is 16.6. The van der Waals surface area contributed by atoms with Gasteiger partial charge in [0.1, 0.15) is 0 Å². The van der Waals surface area contributed by atoms with Crippen molar-refractivity contribution in [3.05, 3.63) is 0 Å². The van der Waals surface area contributed by atoms with Crippen LogP contribution in [0.3, 0.4) is 0 Å². The first-order chi connectivity index (χ1) is 7.50. The van der Waals surface area contributed by atoms with Crippen LogP contribution in [-0.4, -0.2) is 5.91 Å². The van der Waals surface area contributed by atoms with Gasteiger partial charge in [-0.2, -0.15) is 0 Å². The second kappa shape index (κ2) is 5.88. The number of rotatable bonds is 5. The molecule has 102 valence electrons. The smallest absolute Gasteiger partial charge is 0.217 e. The summed E-state index contributed by atoms with van der Waals surface area (Å²) in [6.07, 6.45) is 2.58. The van der Waals surface area contributed by atoms with E-state index in [-0.39, 0.29) is 16.7 Å². The summed E-state index contributed by atoms with van der Waals surface area (Å²) in [6, 6.07) is 0. The van der Waals surface area contributed by atoms with Crippen molar-refractivity contribution < 1.29 is 4.79 Å². The minimum absolute atomic E-state index is 0.178. The van der Waals surface area contributed by atoms with Gasteiger partial charge >= 0.3 is 0 Å². The largest absolute Gasteiger partial charge is 0.370 e. The number of nitrogens with two attached hydrogens (primary N) is 1. The van der Waals surface area contributed by atoms with Crippen LogP contribution in [0, 0.1) is 22.7 Å². The zero-order valence-electron chi connectivity index (χ0n) is 12.8. The Morgan fingerprint density at radius 1 is 1.00 bits per heavy atom. The Bertz CT molecular complexity index is 245. The van der Waals surface area contributed by atoms with Crippen molar-refractivity contribution in [3.8, 4) is 0 Å². The number of hydrogen-bond acceptors (Lipinski definition) is 1. The fourth-order valence-corrected chi connectivity index (χ4v) is 3.04. The molecule has 0 spiro atoms. The molecule has 0 aliphatic carbocycles. The van der Waals surface area contributed by atoms with E-state index in [1.807, 2.05) is 0 Å². The predicted molar refractivity (Wildman–Crippen MR) is 74.6 cm³/mol. The van der Waals surface area contributed by atoms with Crippen LogP contribution >= 0.6 is 0 Å². The lowest BCUT2D eigenvalue weighted by Gasteiger charge is -2.43. The number of primary amides is 1. The number of carbonyl (C=O) groups excluding carboxylic acids is 1. The Labute approximate surface area is 107 Å². The van der Waals surface area contributed by atoms with Gasteiger partial charge in [0.25, 0.3) is 0 Å². The molecule has 0 bridgehead atoms. The van der Waals surface area contributed by atoms with E-state index >= 15 is 0 Å². The number of amides is 1. The van der Waals surface area contributed by atoms with Crippen LogP contribution in [0.1, 0.15) is 67.7 Å². The summed E-state index contributed by atoms with van der Waals surface area (Å²) in [5, 5.41) is 0. The summed E-state index contributed by atoms with van der Waals surface area (Å²) in [6.45, 7) is 15.9. The van der Waals surface area contributed by atoms with E-state index in [9.17, 15) is 4.79 Å². The van der Waals surface area contributed by atoms with E-state index in [2.05, 4.69) is 48.5 Å². The molecule has 0 fully saturated rings. The first kappa shape index (κ1) is 16.5. The van der Waals surface area contributed by atoms with Crippen molar-refractivity contribution in [3.63, 3.8) is 0 Å². The minimum Gasteiger partial charge on any atom is -0.370 e. The van der Waals surface area contributed by atoms with E-state index < -0.39 is 0 Å². The molecule has 0 aromatic carbocycles. The van der Waals surface area contributed by atoms with E-state index in [0.29, 0.717) is 18.3 Å². The molecule has 0 saturated heterocycles. The highest BCUT2D eigenvalue weighted by Crippen LogP contribution is 2.45. The lowest BCUT2D eigenvalue weighted by Crippen LogP contribution is -2.36. The topological polar surface area (TPSA) is 43.1 Å². The summed E-state index contributed by atoms with van der Waals surface area (Å²) in [5.74, 6) is 0.991. The van der Waals surface area contributed by atoms with Gasteiger partial charge in [0.15, 0.2) is 0 Å². The molecule has 0 saturated carbocycles. The van der Waals surface area contributed by atoms with Gasteiger partial charge in [0.2, 0.25) is 5.91 Å². The van der Waals surface area contributed by atoms with Crippen molar-refractivity contribution >= 4 is 5.91 Å². The van der Waals surface area contributed by atoms with E-state index in [1.54, 1.807) is 0 Å². The van der Waals surface area contributed by atoms with E-state index in [1.165, 1.54) is 0 Å². The van der Waals surface area contributed by atoms with E-state index in [4.69, 9.17) is 5.73 Å². The van der Waals surface area contributed by atoms with Gasteiger partial charge in [-0.3, -0.25) is 4.79 Å². The highest BCUT2D eigenvalue weighted by atomic mass is 16.1. The van der Waals surface area contributed by atoms with Gasteiger partial charge in [-0.05, 0) is 29.1 Å². The van der Waals surface area contributed by atoms with Crippen LogP contribution in [0.4, 0.5) is 0 Å². The van der Waals surface area contributed by atoms with Crippen molar-refractivity contribution in [2.24, 2.45) is 28.4 Å². The summed E-state index contributed by atoms with van der Waals surface area (Å²) in [4.78, 5) is 11.0. The minimum atomic E-state index is -0.178. The second-order valence-electron chi connectivity index (χ2n) is 7.36. The van der Waals surface area contributed by atoms with Crippen LogP contribution in [-0.2, 0) is 4.79 Å². The SMILES string of the molecule is CCC(C(CCC(N)=O)C(C)(C)C)C(C)(C)C. The third-order valence-electron chi connectivity index (χ3n) is 3.85. The van der Waals surface area contributed by atoms with Crippen LogP contribution in [0.5, 0.6) is 0 Å². The Morgan fingerprint density at radius 2 is 1.41 bits per heavy atom. The Hall–Kier alpha value is -0.530. The third kappa shape index (κ3) is 5.56. The molecule has 2 nitrogen and oxygen atoms in total. The molecule has 1 amide bonds. The monoisotopic (exact) mass is 241 g/mol. The van der Waals surface area contributed by atoms with Crippen LogP contribution < -0.4 is 5.73 Å². The number of carbonyl (C=O) groups is 1. The molecule has 0 aliphatic heterocycles. The molecule has 2 atom stereocenters. The lowest BCUT2D eigenvalue weighted by molar-refractivity contribution is -0.118. The fourth-order valence-electron chi connectivity index (χ4n) is 3.04. The highest BCUT2D eigenvalue weighted by molar-refractivity contribution is 5.73. The van der Waals surface area contributed by atoms with Gasteiger partial charge in [0.05, 0.1) is 0 Å². The molecule has 0 rings (SSSR count). The van der Waals surface area contributed by atoms with Crippen LogP contribution in [0.2, 0.25) is 0 Å². The second-order valence-corrected chi connectivity index (χ2v) is 7.36. The Balaban J connectivity index is 4.96. The Morgan fingerprint density at radius 3 is 1.65 bits per heavy atom. The van der Waals surface area contributed by atoms with Crippen molar-refractivity contribution in [2.45, 2.75) is 67.7 Å². The fraction of sp³-hybridized carbons (Fsp3) is 0.933. The van der Waals surface area contributed by atoms with Crippen LogP contribution in [0.15, 0.2) is 0 Å². The Kier molecular flexibility index (Phi) is 5.70. The summed E-state index contributed by atoms with van der Waals surface area (Å²) < 4.78 is 0. The summed E-state index contributed by atoms with van der Waals surface area (Å²) in [5.41, 5.74) is 5.80. The zero-order valence-corrected chi connectivity index (χ0v) is 12.8. The molecular formula is C15H31NO. The third-order valence-corrected chi connectivity index (χ3v) is 3.85. The summed E-state index contributed by atoms with van der Waals surface area (Å²) >= 11 is 0. The molecule has 0 heterocycles. The van der Waals surface area contributed by atoms with Gasteiger partial charge in [-0.15, -0.1) is 0 Å². The van der Waals surface area contributed by atoms with Gasteiger partial charge in [0, 0.05) is 6.42 Å². The average molecular weight is 241 g/mol. The molecule has 0 aromatic heterocycles. The summed E-state index contributed by atoms with van der Waals surface area (Å²) in [7, 11) is 0. The maximum atomic E-state index is 11.0. The molecular weight excluding hydrogens is 210 g/mol. The maximum absolute atomic E-state index is 11.0. The van der Waals surface area contributed by atoms with Crippen molar-refractivity contribution in [1.29, 1.82) is 0 Å². The molecule has 0 aliphatic rings. The lowest BCUT2D eigenvalue weighted by atomic mass is 9.62. The molecule has 17 heavy (non-hydrogen) atoms. The highest BCUT2D eigenvalue weighted by Gasteiger charge is 2.37. The van der Waals surface area contributed by atoms with Crippen molar-refractivity contribution in [1.82, 2.24) is 0 Å². The molecule has 0 aromatic rings.